The Labute approximate surface area is 177 Å². The van der Waals surface area contributed by atoms with Crippen LogP contribution >= 0.6 is 0 Å². The average Bonchev–Trinajstić information content (AvgIpc) is 2.74. The fourth-order valence-electron chi connectivity index (χ4n) is 3.31. The van der Waals surface area contributed by atoms with Gasteiger partial charge in [-0.25, -0.2) is 0 Å². The first kappa shape index (κ1) is 21.3. The van der Waals surface area contributed by atoms with Crippen molar-refractivity contribution >= 4 is 11.8 Å². The summed E-state index contributed by atoms with van der Waals surface area (Å²) in [6, 6.07) is 22.6. The summed E-state index contributed by atoms with van der Waals surface area (Å²) >= 11 is 0. The Balaban J connectivity index is 1.65. The Morgan fingerprint density at radius 2 is 1.27 bits per heavy atom. The second kappa shape index (κ2) is 8.95. The van der Waals surface area contributed by atoms with Gasteiger partial charge in [0.05, 0.1) is 13.5 Å². The standard InChI is InChI=1S/C26H26O4/c1-18(27)20-7-5-19(6-8-20)17-25(28)30-24-15-11-22(12-16-24)26(2,3)21-9-13-23(29-4)14-10-21/h5-16H,17H2,1-4H3. The second-order valence-corrected chi connectivity index (χ2v) is 7.78. The molecule has 0 amide bonds. The lowest BCUT2D eigenvalue weighted by Crippen LogP contribution is -2.19. The van der Waals surface area contributed by atoms with Crippen LogP contribution in [0.3, 0.4) is 0 Å². The van der Waals surface area contributed by atoms with Gasteiger partial charge in [0.1, 0.15) is 11.5 Å². The lowest BCUT2D eigenvalue weighted by Gasteiger charge is -2.26. The van der Waals surface area contributed by atoms with E-state index in [1.54, 1.807) is 31.4 Å². The summed E-state index contributed by atoms with van der Waals surface area (Å²) in [7, 11) is 1.65. The van der Waals surface area contributed by atoms with E-state index in [-0.39, 0.29) is 23.6 Å². The molecule has 0 aliphatic rings. The lowest BCUT2D eigenvalue weighted by atomic mass is 9.78. The van der Waals surface area contributed by atoms with Gasteiger partial charge >= 0.3 is 5.97 Å². The highest BCUT2D eigenvalue weighted by Crippen LogP contribution is 2.33. The van der Waals surface area contributed by atoms with Crippen molar-refractivity contribution < 1.29 is 19.1 Å². The van der Waals surface area contributed by atoms with Gasteiger partial charge in [-0.05, 0) is 47.9 Å². The van der Waals surface area contributed by atoms with E-state index in [1.807, 2.05) is 36.4 Å². The first-order valence-electron chi connectivity index (χ1n) is 9.85. The summed E-state index contributed by atoms with van der Waals surface area (Å²) < 4.78 is 10.7. The van der Waals surface area contributed by atoms with E-state index >= 15 is 0 Å². The van der Waals surface area contributed by atoms with Crippen LogP contribution in [0.4, 0.5) is 0 Å². The zero-order valence-corrected chi connectivity index (χ0v) is 17.8. The third-order valence-electron chi connectivity index (χ3n) is 5.33. The van der Waals surface area contributed by atoms with E-state index < -0.39 is 0 Å². The third-order valence-corrected chi connectivity index (χ3v) is 5.33. The maximum Gasteiger partial charge on any atom is 0.315 e. The van der Waals surface area contributed by atoms with Gasteiger partial charge in [0, 0.05) is 11.0 Å². The normalized spacial score (nSPS) is 11.1. The highest BCUT2D eigenvalue weighted by atomic mass is 16.5. The zero-order chi connectivity index (χ0) is 21.7. The number of carbonyl (C=O) groups is 2. The first-order valence-corrected chi connectivity index (χ1v) is 9.85. The number of ketones is 1. The Bertz CT molecular complexity index is 1010. The van der Waals surface area contributed by atoms with Crippen molar-refractivity contribution in [2.75, 3.05) is 7.11 Å². The van der Waals surface area contributed by atoms with Crippen LogP contribution in [0.25, 0.3) is 0 Å². The summed E-state index contributed by atoms with van der Waals surface area (Å²) in [4.78, 5) is 23.6. The van der Waals surface area contributed by atoms with Crippen molar-refractivity contribution in [2.24, 2.45) is 0 Å². The van der Waals surface area contributed by atoms with Crippen molar-refractivity contribution in [2.45, 2.75) is 32.6 Å². The fraction of sp³-hybridized carbons (Fsp3) is 0.231. The number of ether oxygens (including phenoxy) is 2. The summed E-state index contributed by atoms with van der Waals surface area (Å²) in [5.41, 5.74) is 3.52. The zero-order valence-electron chi connectivity index (χ0n) is 17.8. The molecule has 0 radical (unpaired) electrons. The molecule has 0 unspecified atom stereocenters. The van der Waals surface area contributed by atoms with Gasteiger partial charge in [-0.15, -0.1) is 0 Å². The molecular formula is C26H26O4. The van der Waals surface area contributed by atoms with Crippen LogP contribution in [0, 0.1) is 0 Å². The molecule has 3 aromatic rings. The molecule has 0 saturated heterocycles. The van der Waals surface area contributed by atoms with Crippen molar-refractivity contribution in [1.29, 1.82) is 0 Å². The molecule has 0 fully saturated rings. The van der Waals surface area contributed by atoms with Crippen molar-refractivity contribution in [3.63, 3.8) is 0 Å². The summed E-state index contributed by atoms with van der Waals surface area (Å²) in [5.74, 6) is 0.997. The molecule has 0 atom stereocenters. The topological polar surface area (TPSA) is 52.6 Å². The van der Waals surface area contributed by atoms with Gasteiger partial charge in [0.25, 0.3) is 0 Å². The van der Waals surface area contributed by atoms with Crippen LogP contribution in [-0.2, 0) is 16.6 Å². The van der Waals surface area contributed by atoms with Crippen molar-refractivity contribution in [3.05, 3.63) is 95.1 Å². The molecule has 154 valence electrons. The molecule has 0 aromatic heterocycles. The van der Waals surface area contributed by atoms with E-state index in [0.29, 0.717) is 11.3 Å². The molecular weight excluding hydrogens is 376 g/mol. The molecule has 0 bridgehead atoms. The van der Waals surface area contributed by atoms with Crippen LogP contribution in [0.2, 0.25) is 0 Å². The molecule has 0 spiro atoms. The molecule has 4 heteroatoms. The minimum atomic E-state index is -0.340. The number of Topliss-reactive ketones (excluding diaryl/α,β-unsaturated/α-hetero) is 1. The Morgan fingerprint density at radius 1 is 0.767 bits per heavy atom. The Kier molecular flexibility index (Phi) is 6.36. The average molecular weight is 402 g/mol. The minimum absolute atomic E-state index is 0.00165. The van der Waals surface area contributed by atoms with Crippen molar-refractivity contribution in [1.82, 2.24) is 0 Å². The highest BCUT2D eigenvalue weighted by molar-refractivity contribution is 5.94. The first-order chi connectivity index (χ1) is 14.3. The molecule has 4 nitrogen and oxygen atoms in total. The van der Waals surface area contributed by atoms with Crippen LogP contribution in [0.1, 0.15) is 47.8 Å². The van der Waals surface area contributed by atoms with Crippen LogP contribution in [0.5, 0.6) is 11.5 Å². The number of hydrogen-bond acceptors (Lipinski definition) is 4. The number of carbonyl (C=O) groups excluding carboxylic acids is 2. The molecule has 0 heterocycles. The largest absolute Gasteiger partial charge is 0.497 e. The van der Waals surface area contributed by atoms with Crippen LogP contribution in [0.15, 0.2) is 72.8 Å². The minimum Gasteiger partial charge on any atom is -0.497 e. The van der Waals surface area contributed by atoms with E-state index in [0.717, 1.165) is 16.9 Å². The molecule has 0 aliphatic carbocycles. The van der Waals surface area contributed by atoms with Gasteiger partial charge in [-0.1, -0.05) is 62.4 Å². The van der Waals surface area contributed by atoms with Gasteiger partial charge in [0.2, 0.25) is 0 Å². The second-order valence-electron chi connectivity index (χ2n) is 7.78. The predicted octanol–water partition coefficient (Wildman–Crippen LogP) is 5.37. The number of methoxy groups -OCH3 is 1. The molecule has 0 aliphatic heterocycles. The smallest absolute Gasteiger partial charge is 0.315 e. The molecule has 0 N–H and O–H groups in total. The lowest BCUT2D eigenvalue weighted by molar-refractivity contribution is -0.133. The summed E-state index contributed by atoms with van der Waals surface area (Å²) in [6.45, 7) is 5.82. The Morgan fingerprint density at radius 3 is 1.73 bits per heavy atom. The van der Waals surface area contributed by atoms with Crippen LogP contribution in [-0.4, -0.2) is 18.9 Å². The molecule has 3 rings (SSSR count). The quantitative estimate of drug-likeness (QED) is 0.303. The van der Waals surface area contributed by atoms with E-state index in [1.165, 1.54) is 12.5 Å². The van der Waals surface area contributed by atoms with E-state index in [2.05, 4.69) is 26.0 Å². The third kappa shape index (κ3) is 4.95. The summed E-state index contributed by atoms with van der Waals surface area (Å²) in [6.07, 6.45) is 0.150. The number of rotatable bonds is 7. The van der Waals surface area contributed by atoms with Gasteiger partial charge in [-0.2, -0.15) is 0 Å². The monoisotopic (exact) mass is 402 g/mol. The number of esters is 1. The number of benzene rings is 3. The fourth-order valence-corrected chi connectivity index (χ4v) is 3.31. The molecule has 0 saturated carbocycles. The Hall–Kier alpha value is -3.40. The van der Waals surface area contributed by atoms with E-state index in [9.17, 15) is 9.59 Å². The summed E-state index contributed by atoms with van der Waals surface area (Å²) in [5, 5.41) is 0. The maximum atomic E-state index is 12.3. The van der Waals surface area contributed by atoms with Gasteiger partial charge in [-0.3, -0.25) is 9.59 Å². The molecule has 30 heavy (non-hydrogen) atoms. The molecule has 3 aromatic carbocycles. The maximum absolute atomic E-state index is 12.3. The van der Waals surface area contributed by atoms with Crippen molar-refractivity contribution in [3.8, 4) is 11.5 Å². The van der Waals surface area contributed by atoms with Gasteiger partial charge in [0.15, 0.2) is 5.78 Å². The predicted molar refractivity (Wildman–Crippen MR) is 117 cm³/mol. The number of hydrogen-bond donors (Lipinski definition) is 0. The highest BCUT2D eigenvalue weighted by Gasteiger charge is 2.23. The SMILES string of the molecule is COc1ccc(C(C)(C)c2ccc(OC(=O)Cc3ccc(C(C)=O)cc3)cc2)cc1. The van der Waals surface area contributed by atoms with Gasteiger partial charge < -0.3 is 9.47 Å². The van der Waals surface area contributed by atoms with E-state index in [4.69, 9.17) is 9.47 Å². The van der Waals surface area contributed by atoms with Crippen LogP contribution < -0.4 is 9.47 Å².